The average molecular weight is 274 g/mol. The molecular weight excluding hydrogens is 244 g/mol. The highest BCUT2D eigenvalue weighted by molar-refractivity contribution is 5.23. The van der Waals surface area contributed by atoms with E-state index in [4.69, 9.17) is 0 Å². The maximum Gasteiger partial charge on any atom is 0.0236 e. The molecule has 0 saturated carbocycles. The van der Waals surface area contributed by atoms with Crippen LogP contribution in [0.3, 0.4) is 0 Å². The smallest absolute Gasteiger partial charge is 0.0236 e. The van der Waals surface area contributed by atoms with Crippen LogP contribution < -0.4 is 5.32 Å². The van der Waals surface area contributed by atoms with Gasteiger partial charge in [-0.05, 0) is 49.9 Å². The number of rotatable bonds is 6. The summed E-state index contributed by atoms with van der Waals surface area (Å²) in [6, 6.07) is 9.82. The van der Waals surface area contributed by atoms with Crippen molar-refractivity contribution in [1.82, 2.24) is 10.2 Å². The lowest BCUT2D eigenvalue weighted by molar-refractivity contribution is 0.152. The van der Waals surface area contributed by atoms with Gasteiger partial charge >= 0.3 is 0 Å². The molecule has 0 radical (unpaired) electrons. The Morgan fingerprint density at radius 3 is 2.80 bits per heavy atom. The molecule has 0 amide bonds. The Labute approximate surface area is 124 Å². The Kier molecular flexibility index (Phi) is 6.06. The van der Waals surface area contributed by atoms with E-state index in [0.29, 0.717) is 5.92 Å². The van der Waals surface area contributed by atoms with Crippen LogP contribution in [0.1, 0.15) is 51.2 Å². The van der Waals surface area contributed by atoms with Crippen LogP contribution in [0.5, 0.6) is 0 Å². The highest BCUT2D eigenvalue weighted by Gasteiger charge is 2.17. The van der Waals surface area contributed by atoms with Crippen molar-refractivity contribution in [3.05, 3.63) is 35.4 Å². The monoisotopic (exact) mass is 274 g/mol. The maximum absolute atomic E-state index is 3.53. The van der Waals surface area contributed by atoms with Crippen LogP contribution in [0.25, 0.3) is 0 Å². The summed E-state index contributed by atoms with van der Waals surface area (Å²) in [6.07, 6.45) is 4.12. The molecule has 1 aromatic rings. The Balaban J connectivity index is 1.88. The molecule has 0 bridgehead atoms. The van der Waals surface area contributed by atoms with Crippen molar-refractivity contribution in [2.24, 2.45) is 5.92 Å². The highest BCUT2D eigenvalue weighted by Crippen LogP contribution is 2.19. The predicted octanol–water partition coefficient (Wildman–Crippen LogP) is 3.81. The predicted molar refractivity (Wildman–Crippen MR) is 86.7 cm³/mol. The molecule has 2 nitrogen and oxygen atoms in total. The number of nitrogens with zero attached hydrogens (tertiary/aromatic N) is 1. The van der Waals surface area contributed by atoms with Gasteiger partial charge in [0.1, 0.15) is 0 Å². The van der Waals surface area contributed by atoms with Crippen molar-refractivity contribution in [1.29, 1.82) is 0 Å². The minimum atomic E-state index is 0.715. The van der Waals surface area contributed by atoms with Gasteiger partial charge in [-0.25, -0.2) is 0 Å². The molecule has 2 heteroatoms. The molecule has 1 atom stereocenters. The molecule has 0 spiro atoms. The summed E-state index contributed by atoms with van der Waals surface area (Å²) in [7, 11) is 0. The third-order valence-electron chi connectivity index (χ3n) is 4.20. The van der Waals surface area contributed by atoms with E-state index in [1.165, 1.54) is 36.9 Å². The molecule has 2 rings (SSSR count). The largest absolute Gasteiger partial charge is 0.312 e. The first kappa shape index (κ1) is 15.5. The van der Waals surface area contributed by atoms with Gasteiger partial charge in [-0.3, -0.25) is 4.90 Å². The van der Waals surface area contributed by atoms with Crippen LogP contribution in [0, 0.1) is 5.92 Å². The van der Waals surface area contributed by atoms with E-state index < -0.39 is 0 Å². The molecular formula is C18H30N2. The van der Waals surface area contributed by atoms with Gasteiger partial charge in [0.05, 0.1) is 0 Å². The van der Waals surface area contributed by atoms with Gasteiger partial charge in [0.25, 0.3) is 0 Å². The van der Waals surface area contributed by atoms with E-state index in [9.17, 15) is 0 Å². The molecule has 1 heterocycles. The highest BCUT2D eigenvalue weighted by atomic mass is 15.2. The van der Waals surface area contributed by atoms with Crippen LogP contribution in [0.4, 0.5) is 0 Å². The number of piperidine rings is 1. The van der Waals surface area contributed by atoms with Crippen LogP contribution in [0.2, 0.25) is 0 Å². The van der Waals surface area contributed by atoms with Crippen LogP contribution in [-0.2, 0) is 13.1 Å². The van der Waals surface area contributed by atoms with Crippen molar-refractivity contribution in [2.45, 2.75) is 59.2 Å². The molecule has 1 unspecified atom stereocenters. The molecule has 1 N–H and O–H groups in total. The summed E-state index contributed by atoms with van der Waals surface area (Å²) in [5, 5.41) is 3.53. The first-order chi connectivity index (χ1) is 9.65. The van der Waals surface area contributed by atoms with E-state index in [0.717, 1.165) is 25.7 Å². The topological polar surface area (TPSA) is 15.3 Å². The fourth-order valence-corrected chi connectivity index (χ4v) is 2.97. The molecule has 1 aliphatic heterocycles. The van der Waals surface area contributed by atoms with Gasteiger partial charge in [0.15, 0.2) is 0 Å². The van der Waals surface area contributed by atoms with Crippen LogP contribution in [0.15, 0.2) is 24.3 Å². The maximum atomic E-state index is 3.53. The second kappa shape index (κ2) is 7.80. The Morgan fingerprint density at radius 1 is 1.25 bits per heavy atom. The summed E-state index contributed by atoms with van der Waals surface area (Å²) >= 11 is 0. The zero-order valence-corrected chi connectivity index (χ0v) is 13.4. The average Bonchev–Trinajstić information content (AvgIpc) is 2.41. The third kappa shape index (κ3) is 4.92. The summed E-state index contributed by atoms with van der Waals surface area (Å²) in [5.74, 6) is 0.715. The molecule has 1 fully saturated rings. The lowest BCUT2D eigenvalue weighted by Gasteiger charge is -2.33. The van der Waals surface area contributed by atoms with E-state index in [1.807, 2.05) is 0 Å². The Hall–Kier alpha value is -0.860. The summed E-state index contributed by atoms with van der Waals surface area (Å²) in [5.41, 5.74) is 2.87. The number of likely N-dealkylation sites (tertiary alicyclic amines) is 1. The van der Waals surface area contributed by atoms with Gasteiger partial charge in [0.2, 0.25) is 0 Å². The van der Waals surface area contributed by atoms with Crippen molar-refractivity contribution >= 4 is 0 Å². The van der Waals surface area contributed by atoms with E-state index in [-0.39, 0.29) is 0 Å². The first-order valence-corrected chi connectivity index (χ1v) is 8.17. The van der Waals surface area contributed by atoms with Crippen molar-refractivity contribution < 1.29 is 0 Å². The quantitative estimate of drug-likeness (QED) is 0.848. The lowest BCUT2D eigenvalue weighted by atomic mass is 10.0. The molecule has 20 heavy (non-hydrogen) atoms. The van der Waals surface area contributed by atoms with Crippen molar-refractivity contribution in [3.63, 3.8) is 0 Å². The SMILES string of the molecule is CC(C)CNCc1cccc(CN2CCCCC2C)c1. The number of hydrogen-bond donors (Lipinski definition) is 1. The van der Waals surface area contributed by atoms with Crippen molar-refractivity contribution in [3.8, 4) is 0 Å². The van der Waals surface area contributed by atoms with E-state index in [2.05, 4.69) is 55.3 Å². The Morgan fingerprint density at radius 2 is 2.05 bits per heavy atom. The zero-order valence-electron chi connectivity index (χ0n) is 13.4. The second-order valence-electron chi connectivity index (χ2n) is 6.66. The molecule has 0 aromatic heterocycles. The third-order valence-corrected chi connectivity index (χ3v) is 4.20. The zero-order chi connectivity index (χ0) is 14.4. The van der Waals surface area contributed by atoms with E-state index >= 15 is 0 Å². The summed E-state index contributed by atoms with van der Waals surface area (Å²) in [6.45, 7) is 11.3. The van der Waals surface area contributed by atoms with Crippen LogP contribution in [-0.4, -0.2) is 24.0 Å². The van der Waals surface area contributed by atoms with Gasteiger partial charge in [-0.1, -0.05) is 44.5 Å². The van der Waals surface area contributed by atoms with Crippen molar-refractivity contribution in [2.75, 3.05) is 13.1 Å². The minimum absolute atomic E-state index is 0.715. The lowest BCUT2D eigenvalue weighted by Crippen LogP contribution is -2.36. The number of benzene rings is 1. The summed E-state index contributed by atoms with van der Waals surface area (Å²) in [4.78, 5) is 2.63. The van der Waals surface area contributed by atoms with Gasteiger partial charge in [-0.2, -0.15) is 0 Å². The molecule has 1 aromatic carbocycles. The standard InChI is InChI=1S/C18H30N2/c1-15(2)12-19-13-17-8-6-9-18(11-17)14-20-10-5-4-7-16(20)3/h6,8-9,11,15-16,19H,4-5,7,10,12-14H2,1-3H3. The number of nitrogens with one attached hydrogen (secondary N) is 1. The van der Waals surface area contributed by atoms with Crippen LogP contribution >= 0.6 is 0 Å². The van der Waals surface area contributed by atoms with E-state index in [1.54, 1.807) is 0 Å². The second-order valence-corrected chi connectivity index (χ2v) is 6.66. The fourth-order valence-electron chi connectivity index (χ4n) is 2.97. The molecule has 112 valence electrons. The molecule has 1 saturated heterocycles. The summed E-state index contributed by atoms with van der Waals surface area (Å²) < 4.78 is 0. The normalized spacial score (nSPS) is 20.5. The van der Waals surface area contributed by atoms with Gasteiger partial charge in [-0.15, -0.1) is 0 Å². The Bertz CT molecular complexity index is 400. The molecule has 0 aliphatic carbocycles. The number of hydrogen-bond acceptors (Lipinski definition) is 2. The van der Waals surface area contributed by atoms with Gasteiger partial charge < -0.3 is 5.32 Å². The van der Waals surface area contributed by atoms with Gasteiger partial charge in [0, 0.05) is 19.1 Å². The first-order valence-electron chi connectivity index (χ1n) is 8.17. The molecule has 1 aliphatic rings. The fraction of sp³-hybridized carbons (Fsp3) is 0.667. The minimum Gasteiger partial charge on any atom is -0.312 e.